The molecule has 5 atom stereocenters. The van der Waals surface area contributed by atoms with E-state index in [1.165, 1.54) is 0 Å². The molecule has 0 radical (unpaired) electrons. The lowest BCUT2D eigenvalue weighted by molar-refractivity contribution is -0.232. The number of hydrogen-bond donors (Lipinski definition) is 2. The van der Waals surface area contributed by atoms with E-state index < -0.39 is 54.5 Å². The lowest BCUT2D eigenvalue weighted by Gasteiger charge is -2.29. The van der Waals surface area contributed by atoms with Gasteiger partial charge >= 0.3 is 5.97 Å². The van der Waals surface area contributed by atoms with Crippen LogP contribution in [0.2, 0.25) is 0 Å². The van der Waals surface area contributed by atoms with Crippen LogP contribution in [0.25, 0.3) is 0 Å². The summed E-state index contributed by atoms with van der Waals surface area (Å²) in [5, 5.41) is 19.0. The van der Waals surface area contributed by atoms with E-state index in [1.807, 2.05) is 0 Å². The van der Waals surface area contributed by atoms with Crippen molar-refractivity contribution in [2.24, 2.45) is 5.41 Å². The molecular weight excluding hydrogens is 280 g/mol. The second-order valence-corrected chi connectivity index (χ2v) is 6.94. The second-order valence-electron chi connectivity index (χ2n) is 6.94. The summed E-state index contributed by atoms with van der Waals surface area (Å²) in [4.78, 5) is 12.1. The van der Waals surface area contributed by atoms with Crippen molar-refractivity contribution in [1.82, 2.24) is 0 Å². The predicted octanol–water partition coefficient (Wildman–Crippen LogP) is 0.174. The standard InChI is InChI=1S/C14H24O7/c1-13(2,3)12(17)19-9-8(7(16)6-15)18-11-10(9)20-14(4,5)21-11/h7-11,15-16H,6H2,1-5H3/t7-,8+,9-,10+,11?/m0/s1. The number of rotatable bonds is 3. The zero-order chi connectivity index (χ0) is 16.0. The lowest BCUT2D eigenvalue weighted by atomic mass is 9.97. The average Bonchev–Trinajstić information content (AvgIpc) is 2.80. The fourth-order valence-corrected chi connectivity index (χ4v) is 2.35. The van der Waals surface area contributed by atoms with Gasteiger partial charge in [0.05, 0.1) is 12.0 Å². The summed E-state index contributed by atoms with van der Waals surface area (Å²) in [6.07, 6.45) is -4.25. The van der Waals surface area contributed by atoms with Crippen LogP contribution in [0.5, 0.6) is 0 Å². The highest BCUT2D eigenvalue weighted by Crippen LogP contribution is 2.40. The molecule has 0 aromatic rings. The molecule has 21 heavy (non-hydrogen) atoms. The minimum Gasteiger partial charge on any atom is -0.456 e. The van der Waals surface area contributed by atoms with Crippen molar-refractivity contribution in [2.75, 3.05) is 6.61 Å². The molecule has 2 rings (SSSR count). The Morgan fingerprint density at radius 1 is 1.33 bits per heavy atom. The lowest BCUT2D eigenvalue weighted by Crippen LogP contribution is -2.46. The number of fused-ring (bicyclic) bond motifs is 1. The van der Waals surface area contributed by atoms with Gasteiger partial charge in [0.25, 0.3) is 0 Å². The van der Waals surface area contributed by atoms with Crippen molar-refractivity contribution in [3.8, 4) is 0 Å². The van der Waals surface area contributed by atoms with Crippen molar-refractivity contribution >= 4 is 5.97 Å². The smallest absolute Gasteiger partial charge is 0.311 e. The van der Waals surface area contributed by atoms with Gasteiger partial charge in [-0.15, -0.1) is 0 Å². The van der Waals surface area contributed by atoms with E-state index in [0.29, 0.717) is 0 Å². The van der Waals surface area contributed by atoms with Crippen LogP contribution in [0, 0.1) is 5.41 Å². The minimum absolute atomic E-state index is 0.430. The summed E-state index contributed by atoms with van der Waals surface area (Å²) in [5.41, 5.74) is -0.693. The van der Waals surface area contributed by atoms with Crippen LogP contribution in [0.3, 0.4) is 0 Å². The van der Waals surface area contributed by atoms with Crippen molar-refractivity contribution in [1.29, 1.82) is 0 Å². The maximum atomic E-state index is 12.1. The minimum atomic E-state index is -1.18. The van der Waals surface area contributed by atoms with E-state index in [-0.39, 0.29) is 0 Å². The van der Waals surface area contributed by atoms with Gasteiger partial charge in [-0.1, -0.05) is 0 Å². The van der Waals surface area contributed by atoms with Crippen LogP contribution in [0.1, 0.15) is 34.6 Å². The molecule has 0 saturated carbocycles. The molecule has 2 saturated heterocycles. The number of aliphatic hydroxyl groups is 2. The fraction of sp³-hybridized carbons (Fsp3) is 0.929. The average molecular weight is 304 g/mol. The molecule has 0 spiro atoms. The molecule has 122 valence electrons. The van der Waals surface area contributed by atoms with E-state index in [4.69, 9.17) is 24.1 Å². The van der Waals surface area contributed by atoms with Gasteiger partial charge in [0.1, 0.15) is 12.2 Å². The molecule has 2 N–H and O–H groups in total. The summed E-state index contributed by atoms with van der Waals surface area (Å²) in [7, 11) is 0. The number of esters is 1. The molecule has 0 amide bonds. The molecular formula is C14H24O7. The highest BCUT2D eigenvalue weighted by Gasteiger charge is 2.58. The van der Waals surface area contributed by atoms with Crippen LogP contribution >= 0.6 is 0 Å². The van der Waals surface area contributed by atoms with Gasteiger partial charge in [-0.25, -0.2) is 0 Å². The molecule has 2 aliphatic heterocycles. The number of ether oxygens (including phenoxy) is 4. The zero-order valence-corrected chi connectivity index (χ0v) is 13.0. The van der Waals surface area contributed by atoms with Gasteiger partial charge in [0.2, 0.25) is 0 Å². The van der Waals surface area contributed by atoms with E-state index in [9.17, 15) is 9.90 Å². The molecule has 7 nitrogen and oxygen atoms in total. The van der Waals surface area contributed by atoms with E-state index >= 15 is 0 Å². The molecule has 2 heterocycles. The maximum absolute atomic E-state index is 12.1. The van der Waals surface area contributed by atoms with Crippen LogP contribution in [0.15, 0.2) is 0 Å². The third-order valence-corrected chi connectivity index (χ3v) is 3.45. The Morgan fingerprint density at radius 3 is 2.48 bits per heavy atom. The first-order valence-electron chi connectivity index (χ1n) is 7.06. The fourth-order valence-electron chi connectivity index (χ4n) is 2.35. The quantitative estimate of drug-likeness (QED) is 0.718. The van der Waals surface area contributed by atoms with Gasteiger partial charge in [-0.05, 0) is 34.6 Å². The van der Waals surface area contributed by atoms with Crippen LogP contribution in [0.4, 0.5) is 0 Å². The normalized spacial score (nSPS) is 36.3. The number of hydrogen-bond acceptors (Lipinski definition) is 7. The van der Waals surface area contributed by atoms with Crippen molar-refractivity contribution in [3.05, 3.63) is 0 Å². The first-order valence-corrected chi connectivity index (χ1v) is 7.06. The maximum Gasteiger partial charge on any atom is 0.311 e. The Bertz CT molecular complexity index is 401. The Morgan fingerprint density at radius 2 is 1.95 bits per heavy atom. The van der Waals surface area contributed by atoms with Gasteiger partial charge < -0.3 is 29.2 Å². The van der Waals surface area contributed by atoms with E-state index in [0.717, 1.165) is 0 Å². The molecule has 2 fully saturated rings. The highest BCUT2D eigenvalue weighted by molar-refractivity contribution is 5.75. The molecule has 0 aromatic heterocycles. The topological polar surface area (TPSA) is 94.5 Å². The number of carbonyl (C=O) groups excluding carboxylic acids is 1. The Balaban J connectivity index is 2.17. The third kappa shape index (κ3) is 3.37. The summed E-state index contributed by atoms with van der Waals surface area (Å²) < 4.78 is 22.3. The number of aliphatic hydroxyl groups excluding tert-OH is 2. The Hall–Kier alpha value is -0.730. The Kier molecular flexibility index (Phi) is 4.34. The summed E-state index contributed by atoms with van der Waals surface area (Å²) in [6.45, 7) is 8.16. The van der Waals surface area contributed by atoms with Crippen LogP contribution in [-0.4, -0.2) is 59.3 Å². The molecule has 0 bridgehead atoms. The molecule has 0 aromatic carbocycles. The SMILES string of the molecule is CC1(C)OC2O[C@H]([C@@H](O)CO)[C@H](OC(=O)C(C)(C)C)[C@H]2O1. The monoisotopic (exact) mass is 304 g/mol. The molecule has 1 unspecified atom stereocenters. The second kappa shape index (κ2) is 5.48. The predicted molar refractivity (Wildman–Crippen MR) is 71.1 cm³/mol. The van der Waals surface area contributed by atoms with Crippen molar-refractivity contribution in [3.63, 3.8) is 0 Å². The summed E-state index contributed by atoms with van der Waals surface area (Å²) >= 11 is 0. The first-order chi connectivity index (χ1) is 9.55. The van der Waals surface area contributed by atoms with Crippen LogP contribution in [-0.2, 0) is 23.7 Å². The molecule has 0 aliphatic carbocycles. The van der Waals surface area contributed by atoms with Crippen molar-refractivity contribution < 1.29 is 34.0 Å². The zero-order valence-electron chi connectivity index (χ0n) is 13.0. The van der Waals surface area contributed by atoms with Crippen molar-refractivity contribution in [2.45, 2.75) is 71.1 Å². The van der Waals surface area contributed by atoms with Gasteiger partial charge in [0.15, 0.2) is 24.3 Å². The third-order valence-electron chi connectivity index (χ3n) is 3.45. The largest absolute Gasteiger partial charge is 0.456 e. The van der Waals surface area contributed by atoms with Gasteiger partial charge in [-0.3, -0.25) is 4.79 Å². The number of carbonyl (C=O) groups is 1. The first kappa shape index (κ1) is 16.6. The summed E-state index contributed by atoms with van der Waals surface area (Å²) in [6, 6.07) is 0. The molecule has 7 heteroatoms. The summed E-state index contributed by atoms with van der Waals surface area (Å²) in [5.74, 6) is -1.28. The molecule has 2 aliphatic rings. The van der Waals surface area contributed by atoms with E-state index in [1.54, 1.807) is 34.6 Å². The highest BCUT2D eigenvalue weighted by atomic mass is 16.8. The van der Waals surface area contributed by atoms with Crippen LogP contribution < -0.4 is 0 Å². The Labute approximate surface area is 124 Å². The van der Waals surface area contributed by atoms with Gasteiger partial charge in [0, 0.05) is 0 Å². The van der Waals surface area contributed by atoms with Gasteiger partial charge in [-0.2, -0.15) is 0 Å². The van der Waals surface area contributed by atoms with E-state index in [2.05, 4.69) is 0 Å².